The molecule has 0 aliphatic heterocycles. The molecule has 0 radical (unpaired) electrons. The molecule has 1 fully saturated rings. The molecule has 0 aromatic carbocycles. The van der Waals surface area contributed by atoms with Crippen LogP contribution in [0.3, 0.4) is 0 Å². The Hall–Kier alpha value is -0.610. The van der Waals surface area contributed by atoms with Crippen LogP contribution in [0.1, 0.15) is 12.8 Å². The zero-order chi connectivity index (χ0) is 9.52. The number of methoxy groups -OCH3 is 1. The maximum absolute atomic E-state index is 11.0. The maximum Gasteiger partial charge on any atom is 0.309 e. The molecular formula is C9H16O4. The molecule has 0 amide bonds. The summed E-state index contributed by atoms with van der Waals surface area (Å²) in [5.41, 5.74) is 0. The van der Waals surface area contributed by atoms with Crippen molar-refractivity contribution in [2.45, 2.75) is 12.8 Å². The first-order valence-corrected chi connectivity index (χ1v) is 4.58. The highest BCUT2D eigenvalue weighted by molar-refractivity contribution is 5.74. The molecule has 0 aromatic heterocycles. The molecule has 0 aromatic rings. The molecule has 4 heteroatoms. The topological polar surface area (TPSA) is 44.8 Å². The van der Waals surface area contributed by atoms with E-state index in [0.717, 1.165) is 12.8 Å². The van der Waals surface area contributed by atoms with E-state index in [0.29, 0.717) is 26.4 Å². The maximum atomic E-state index is 11.0. The Kier molecular flexibility index (Phi) is 4.78. The number of ether oxygens (including phenoxy) is 3. The van der Waals surface area contributed by atoms with Crippen molar-refractivity contribution in [2.24, 2.45) is 5.92 Å². The Morgan fingerprint density at radius 2 is 1.92 bits per heavy atom. The molecule has 0 spiro atoms. The van der Waals surface area contributed by atoms with Gasteiger partial charge in [0, 0.05) is 7.11 Å². The van der Waals surface area contributed by atoms with Crippen LogP contribution in [-0.4, -0.2) is 39.5 Å². The number of hydrogen-bond donors (Lipinski definition) is 0. The summed E-state index contributed by atoms with van der Waals surface area (Å²) in [5, 5.41) is 0. The third-order valence-corrected chi connectivity index (χ3v) is 1.81. The minimum atomic E-state index is -0.0738. The molecule has 1 saturated carbocycles. The van der Waals surface area contributed by atoms with E-state index in [1.807, 2.05) is 0 Å². The van der Waals surface area contributed by atoms with Crippen molar-refractivity contribution in [1.29, 1.82) is 0 Å². The van der Waals surface area contributed by atoms with E-state index in [2.05, 4.69) is 0 Å². The van der Waals surface area contributed by atoms with Crippen molar-refractivity contribution in [3.8, 4) is 0 Å². The fourth-order valence-electron chi connectivity index (χ4n) is 0.882. The van der Waals surface area contributed by atoms with Crippen LogP contribution >= 0.6 is 0 Å². The summed E-state index contributed by atoms with van der Waals surface area (Å²) in [6, 6.07) is 0. The molecule has 13 heavy (non-hydrogen) atoms. The number of carbonyl (C=O) groups excluding carboxylic acids is 1. The van der Waals surface area contributed by atoms with Crippen LogP contribution in [0.15, 0.2) is 0 Å². The van der Waals surface area contributed by atoms with Crippen LogP contribution in [-0.2, 0) is 19.0 Å². The summed E-state index contributed by atoms with van der Waals surface area (Å²) in [4.78, 5) is 11.0. The third kappa shape index (κ3) is 4.85. The minimum Gasteiger partial charge on any atom is -0.463 e. The standard InChI is InChI=1S/C9H16O4/c1-11-4-5-12-6-7-13-9(10)8-2-3-8/h8H,2-7H2,1H3. The van der Waals surface area contributed by atoms with Gasteiger partial charge in [0.15, 0.2) is 0 Å². The van der Waals surface area contributed by atoms with Crippen LogP contribution in [0.5, 0.6) is 0 Å². The van der Waals surface area contributed by atoms with E-state index in [4.69, 9.17) is 14.2 Å². The van der Waals surface area contributed by atoms with E-state index in [1.54, 1.807) is 7.11 Å². The molecule has 0 heterocycles. The van der Waals surface area contributed by atoms with Crippen molar-refractivity contribution in [1.82, 2.24) is 0 Å². The Morgan fingerprint density at radius 3 is 2.54 bits per heavy atom. The van der Waals surface area contributed by atoms with Gasteiger partial charge in [-0.15, -0.1) is 0 Å². The zero-order valence-electron chi connectivity index (χ0n) is 7.95. The SMILES string of the molecule is COCCOCCOC(=O)C1CC1. The first-order valence-electron chi connectivity index (χ1n) is 4.58. The van der Waals surface area contributed by atoms with Gasteiger partial charge >= 0.3 is 5.97 Å². The summed E-state index contributed by atoms with van der Waals surface area (Å²) in [6.07, 6.45) is 1.98. The van der Waals surface area contributed by atoms with E-state index in [-0.39, 0.29) is 11.9 Å². The highest BCUT2D eigenvalue weighted by Gasteiger charge is 2.30. The molecule has 1 aliphatic rings. The average Bonchev–Trinajstić information content (AvgIpc) is 2.93. The van der Waals surface area contributed by atoms with Crippen LogP contribution in [0.2, 0.25) is 0 Å². The number of rotatable bonds is 7. The second-order valence-electron chi connectivity index (χ2n) is 3.05. The first kappa shape index (κ1) is 10.5. The highest BCUT2D eigenvalue weighted by atomic mass is 16.6. The lowest BCUT2D eigenvalue weighted by Crippen LogP contribution is -2.13. The van der Waals surface area contributed by atoms with Gasteiger partial charge in [0.25, 0.3) is 0 Å². The fraction of sp³-hybridized carbons (Fsp3) is 0.889. The molecule has 0 unspecified atom stereocenters. The summed E-state index contributed by atoms with van der Waals surface area (Å²) in [7, 11) is 1.62. The lowest BCUT2D eigenvalue weighted by atomic mass is 10.4. The molecule has 0 bridgehead atoms. The summed E-state index contributed by atoms with van der Waals surface area (Å²) < 4.78 is 14.8. The van der Waals surface area contributed by atoms with Gasteiger partial charge in [-0.1, -0.05) is 0 Å². The van der Waals surface area contributed by atoms with Gasteiger partial charge in [-0.05, 0) is 12.8 Å². The lowest BCUT2D eigenvalue weighted by molar-refractivity contribution is -0.146. The van der Waals surface area contributed by atoms with Crippen molar-refractivity contribution >= 4 is 5.97 Å². The molecule has 0 atom stereocenters. The molecule has 4 nitrogen and oxygen atoms in total. The normalized spacial score (nSPS) is 15.8. The monoisotopic (exact) mass is 188 g/mol. The average molecular weight is 188 g/mol. The quantitative estimate of drug-likeness (QED) is 0.433. The molecule has 0 saturated heterocycles. The van der Waals surface area contributed by atoms with Crippen molar-refractivity contribution in [3.63, 3.8) is 0 Å². The molecule has 76 valence electrons. The number of esters is 1. The summed E-state index contributed by atoms with van der Waals surface area (Å²) >= 11 is 0. The van der Waals surface area contributed by atoms with Crippen molar-refractivity contribution < 1.29 is 19.0 Å². The Balaban J connectivity index is 1.80. The van der Waals surface area contributed by atoms with Crippen LogP contribution < -0.4 is 0 Å². The van der Waals surface area contributed by atoms with E-state index in [1.165, 1.54) is 0 Å². The molecule has 1 rings (SSSR count). The minimum absolute atomic E-state index is 0.0738. The van der Waals surface area contributed by atoms with Gasteiger partial charge < -0.3 is 14.2 Å². The van der Waals surface area contributed by atoms with Crippen LogP contribution in [0.25, 0.3) is 0 Å². The smallest absolute Gasteiger partial charge is 0.309 e. The van der Waals surface area contributed by atoms with E-state index in [9.17, 15) is 4.79 Å². The van der Waals surface area contributed by atoms with Crippen LogP contribution in [0, 0.1) is 5.92 Å². The van der Waals surface area contributed by atoms with Gasteiger partial charge in [-0.25, -0.2) is 0 Å². The van der Waals surface area contributed by atoms with Crippen molar-refractivity contribution in [2.75, 3.05) is 33.5 Å². The van der Waals surface area contributed by atoms with Crippen molar-refractivity contribution in [3.05, 3.63) is 0 Å². The zero-order valence-corrected chi connectivity index (χ0v) is 7.95. The van der Waals surface area contributed by atoms with Gasteiger partial charge in [0.1, 0.15) is 6.61 Å². The lowest BCUT2D eigenvalue weighted by Gasteiger charge is -2.04. The van der Waals surface area contributed by atoms with E-state index >= 15 is 0 Å². The van der Waals surface area contributed by atoms with Gasteiger partial charge in [-0.2, -0.15) is 0 Å². The predicted octanol–water partition coefficient (Wildman–Crippen LogP) is 0.603. The van der Waals surface area contributed by atoms with Gasteiger partial charge in [0.2, 0.25) is 0 Å². The molecule has 1 aliphatic carbocycles. The van der Waals surface area contributed by atoms with Gasteiger partial charge in [-0.3, -0.25) is 4.79 Å². The first-order chi connectivity index (χ1) is 6.34. The van der Waals surface area contributed by atoms with Crippen LogP contribution in [0.4, 0.5) is 0 Å². The molecular weight excluding hydrogens is 172 g/mol. The molecule has 0 N–H and O–H groups in total. The third-order valence-electron chi connectivity index (χ3n) is 1.81. The Bertz CT molecular complexity index is 154. The predicted molar refractivity (Wildman–Crippen MR) is 46.4 cm³/mol. The number of hydrogen-bond acceptors (Lipinski definition) is 4. The summed E-state index contributed by atoms with van der Waals surface area (Å²) in [6.45, 7) is 1.95. The van der Waals surface area contributed by atoms with E-state index < -0.39 is 0 Å². The fourth-order valence-corrected chi connectivity index (χ4v) is 0.882. The largest absolute Gasteiger partial charge is 0.463 e. The number of carbonyl (C=O) groups is 1. The van der Waals surface area contributed by atoms with Gasteiger partial charge in [0.05, 0.1) is 25.7 Å². The second-order valence-corrected chi connectivity index (χ2v) is 3.05. The highest BCUT2D eigenvalue weighted by Crippen LogP contribution is 2.29. The second kappa shape index (κ2) is 5.94. The Labute approximate surface area is 78.2 Å². The Morgan fingerprint density at radius 1 is 1.23 bits per heavy atom. The summed E-state index contributed by atoms with van der Waals surface area (Å²) in [5.74, 6) is 0.106.